The minimum absolute atomic E-state index is 0.340. The van der Waals surface area contributed by atoms with Gasteiger partial charge in [-0.3, -0.25) is 0 Å². The number of benzene rings is 1. The van der Waals surface area contributed by atoms with Crippen LogP contribution in [0.4, 0.5) is 5.69 Å². The molecule has 0 radical (unpaired) electrons. The summed E-state index contributed by atoms with van der Waals surface area (Å²) >= 11 is 3.63. The number of piperidine rings is 1. The summed E-state index contributed by atoms with van der Waals surface area (Å²) in [6.07, 6.45) is 3.30. The lowest BCUT2D eigenvalue weighted by molar-refractivity contribution is 0.0440. The number of anilines is 1. The number of aliphatic hydroxyl groups is 1. The highest BCUT2D eigenvalue weighted by molar-refractivity contribution is 9.10. The van der Waals surface area contributed by atoms with Crippen molar-refractivity contribution in [3.8, 4) is 0 Å². The first kappa shape index (κ1) is 15.8. The number of hydrogen-bond acceptors (Lipinski definition) is 3. The first-order chi connectivity index (χ1) is 9.61. The Morgan fingerprint density at radius 1 is 1.50 bits per heavy atom. The highest BCUT2D eigenvalue weighted by atomic mass is 79.9. The van der Waals surface area contributed by atoms with E-state index < -0.39 is 6.10 Å². The molecule has 1 N–H and O–H groups in total. The van der Waals surface area contributed by atoms with E-state index in [1.165, 1.54) is 12.1 Å². The largest absolute Gasteiger partial charge is 0.389 e. The Bertz CT molecular complexity index is 436. The van der Waals surface area contributed by atoms with Crippen LogP contribution in [-0.2, 0) is 4.74 Å². The summed E-state index contributed by atoms with van der Waals surface area (Å²) in [5.41, 5.74) is 2.13. The van der Waals surface area contributed by atoms with Crippen molar-refractivity contribution in [1.29, 1.82) is 0 Å². The molecule has 0 aromatic heterocycles. The molecule has 2 atom stereocenters. The van der Waals surface area contributed by atoms with Gasteiger partial charge in [-0.2, -0.15) is 0 Å². The van der Waals surface area contributed by atoms with Gasteiger partial charge in [0.2, 0.25) is 0 Å². The predicted molar refractivity (Wildman–Crippen MR) is 86.3 cm³/mol. The van der Waals surface area contributed by atoms with E-state index in [0.29, 0.717) is 6.10 Å². The summed E-state index contributed by atoms with van der Waals surface area (Å²) in [5.74, 6) is 0. The maximum atomic E-state index is 9.63. The van der Waals surface area contributed by atoms with Gasteiger partial charge in [0.1, 0.15) is 0 Å². The van der Waals surface area contributed by atoms with E-state index in [1.807, 2.05) is 12.1 Å². The van der Waals surface area contributed by atoms with Crippen LogP contribution in [0.15, 0.2) is 22.7 Å². The summed E-state index contributed by atoms with van der Waals surface area (Å²) in [6.45, 7) is 6.80. The second-order valence-electron chi connectivity index (χ2n) is 5.47. The minimum Gasteiger partial charge on any atom is -0.389 e. The van der Waals surface area contributed by atoms with Gasteiger partial charge in [-0.05, 0) is 59.8 Å². The fraction of sp³-hybridized carbons (Fsp3) is 0.625. The van der Waals surface area contributed by atoms with Gasteiger partial charge in [-0.1, -0.05) is 13.0 Å². The molecule has 1 heterocycles. The first-order valence-corrected chi connectivity index (χ1v) is 8.25. The summed E-state index contributed by atoms with van der Waals surface area (Å²) in [6, 6.07) is 6.10. The van der Waals surface area contributed by atoms with Crippen LogP contribution in [0.5, 0.6) is 0 Å². The lowest BCUT2D eigenvalue weighted by atomic mass is 10.1. The van der Waals surface area contributed by atoms with E-state index in [1.54, 1.807) is 6.92 Å². The molecule has 4 heteroatoms. The van der Waals surface area contributed by atoms with Crippen LogP contribution in [0.1, 0.15) is 44.8 Å². The highest BCUT2D eigenvalue weighted by Gasteiger charge is 2.22. The highest BCUT2D eigenvalue weighted by Crippen LogP contribution is 2.31. The summed E-state index contributed by atoms with van der Waals surface area (Å²) < 4.78 is 6.94. The van der Waals surface area contributed by atoms with Crippen LogP contribution in [0, 0.1) is 0 Å². The molecule has 1 unspecified atom stereocenters. The van der Waals surface area contributed by atoms with Gasteiger partial charge in [0.15, 0.2) is 0 Å². The van der Waals surface area contributed by atoms with Crippen LogP contribution in [0.25, 0.3) is 0 Å². The molecule has 3 nitrogen and oxygen atoms in total. The Kier molecular flexibility index (Phi) is 5.87. The second-order valence-corrected chi connectivity index (χ2v) is 6.32. The zero-order valence-corrected chi connectivity index (χ0v) is 13.9. The van der Waals surface area contributed by atoms with Gasteiger partial charge >= 0.3 is 0 Å². The molecule has 112 valence electrons. The van der Waals surface area contributed by atoms with Crippen molar-refractivity contribution in [2.45, 2.75) is 45.3 Å². The Balaban J connectivity index is 2.06. The number of halogens is 1. The van der Waals surface area contributed by atoms with E-state index >= 15 is 0 Å². The maximum Gasteiger partial charge on any atom is 0.0762 e. The Morgan fingerprint density at radius 2 is 2.30 bits per heavy atom. The molecule has 1 aromatic rings. The number of rotatable bonds is 5. The van der Waals surface area contributed by atoms with Gasteiger partial charge in [0.05, 0.1) is 17.9 Å². The Hall–Kier alpha value is -0.580. The quantitative estimate of drug-likeness (QED) is 0.881. The molecule has 0 amide bonds. The molecular formula is C16H24BrNO2. The van der Waals surface area contributed by atoms with Crippen molar-refractivity contribution >= 4 is 21.6 Å². The molecule has 0 spiro atoms. The van der Waals surface area contributed by atoms with Crippen LogP contribution >= 0.6 is 15.9 Å². The fourth-order valence-corrected chi connectivity index (χ4v) is 3.26. The molecule has 1 aliphatic rings. The van der Waals surface area contributed by atoms with E-state index in [9.17, 15) is 5.11 Å². The monoisotopic (exact) mass is 341 g/mol. The topological polar surface area (TPSA) is 32.7 Å². The molecule has 1 aromatic carbocycles. The van der Waals surface area contributed by atoms with Crippen LogP contribution in [0.2, 0.25) is 0 Å². The Morgan fingerprint density at radius 3 is 2.95 bits per heavy atom. The normalized spacial score (nSPS) is 21.0. The first-order valence-electron chi connectivity index (χ1n) is 7.46. The second kappa shape index (κ2) is 7.43. The zero-order chi connectivity index (χ0) is 14.5. The van der Waals surface area contributed by atoms with Crippen molar-refractivity contribution in [2.75, 3.05) is 24.6 Å². The van der Waals surface area contributed by atoms with Gasteiger partial charge in [-0.15, -0.1) is 0 Å². The standard InChI is InChI=1S/C16H24BrNO2/c1-3-9-20-14-5-4-8-18(11-14)16-7-6-13(12(2)19)10-15(16)17/h6-7,10,12,14,19H,3-5,8-9,11H2,1-2H3/t12-,14?/m0/s1. The third-order valence-electron chi connectivity index (χ3n) is 3.73. The SMILES string of the molecule is CCCOC1CCCN(c2ccc([C@H](C)O)cc2Br)C1. The third-order valence-corrected chi connectivity index (χ3v) is 4.37. The molecule has 1 fully saturated rings. The van der Waals surface area contributed by atoms with Gasteiger partial charge in [-0.25, -0.2) is 0 Å². The maximum absolute atomic E-state index is 9.63. The molecular weight excluding hydrogens is 318 g/mol. The zero-order valence-electron chi connectivity index (χ0n) is 12.3. The molecule has 1 aliphatic heterocycles. The Labute approximate surface area is 130 Å². The molecule has 0 aliphatic carbocycles. The van der Waals surface area contributed by atoms with Gasteiger partial charge in [0.25, 0.3) is 0 Å². The van der Waals surface area contributed by atoms with Crippen molar-refractivity contribution in [1.82, 2.24) is 0 Å². The summed E-state index contributed by atoms with van der Waals surface area (Å²) in [5, 5.41) is 9.63. The van der Waals surface area contributed by atoms with Crippen molar-refractivity contribution in [2.24, 2.45) is 0 Å². The number of hydrogen-bond donors (Lipinski definition) is 1. The van der Waals surface area contributed by atoms with Gasteiger partial charge < -0.3 is 14.7 Å². The number of ether oxygens (including phenoxy) is 1. The van der Waals surface area contributed by atoms with Gasteiger partial charge in [0, 0.05) is 24.2 Å². The van der Waals surface area contributed by atoms with Crippen molar-refractivity contribution in [3.63, 3.8) is 0 Å². The minimum atomic E-state index is -0.428. The van der Waals surface area contributed by atoms with Crippen molar-refractivity contribution < 1.29 is 9.84 Å². The molecule has 20 heavy (non-hydrogen) atoms. The third kappa shape index (κ3) is 3.96. The average Bonchev–Trinajstić information content (AvgIpc) is 2.45. The van der Waals surface area contributed by atoms with E-state index in [0.717, 1.165) is 42.6 Å². The molecule has 1 saturated heterocycles. The smallest absolute Gasteiger partial charge is 0.0762 e. The molecule has 2 rings (SSSR count). The number of nitrogens with zero attached hydrogens (tertiary/aromatic N) is 1. The van der Waals surface area contributed by atoms with Crippen molar-refractivity contribution in [3.05, 3.63) is 28.2 Å². The van der Waals surface area contributed by atoms with E-state index in [2.05, 4.69) is 33.8 Å². The van der Waals surface area contributed by atoms with E-state index in [-0.39, 0.29) is 0 Å². The van der Waals surface area contributed by atoms with E-state index in [4.69, 9.17) is 4.74 Å². The fourth-order valence-electron chi connectivity index (χ4n) is 2.62. The molecule has 0 saturated carbocycles. The lowest BCUT2D eigenvalue weighted by Crippen LogP contribution is -2.40. The van der Waals surface area contributed by atoms with Crippen LogP contribution in [-0.4, -0.2) is 30.9 Å². The molecule has 0 bridgehead atoms. The summed E-state index contributed by atoms with van der Waals surface area (Å²) in [7, 11) is 0. The summed E-state index contributed by atoms with van der Waals surface area (Å²) in [4.78, 5) is 2.37. The lowest BCUT2D eigenvalue weighted by Gasteiger charge is -2.35. The van der Waals surface area contributed by atoms with Crippen LogP contribution in [0.3, 0.4) is 0 Å². The predicted octanol–water partition coefficient (Wildman–Crippen LogP) is 3.90. The number of aliphatic hydroxyl groups excluding tert-OH is 1. The van der Waals surface area contributed by atoms with Crippen LogP contribution < -0.4 is 4.90 Å². The average molecular weight is 342 g/mol.